The molecule has 2 rings (SSSR count). The Kier molecular flexibility index (Phi) is 5.88. The molecule has 0 saturated carbocycles. The molecule has 0 unspecified atom stereocenters. The van der Waals surface area contributed by atoms with Crippen molar-refractivity contribution in [1.29, 1.82) is 0 Å². The monoisotopic (exact) mass is 403 g/mol. The molecular formula is C16H16F3N3O4S. The SMILES string of the molecule is CN(C[C@@H](N)c1ccc(C(F)(F)F)cc1)S(=O)(=O)c1ccc([N+](=O)[O-])cc1. The first-order valence-electron chi connectivity index (χ1n) is 7.56. The van der Waals surface area contributed by atoms with Crippen LogP contribution >= 0.6 is 0 Å². The van der Waals surface area contributed by atoms with Crippen LogP contribution in [0.25, 0.3) is 0 Å². The third-order valence-electron chi connectivity index (χ3n) is 3.88. The van der Waals surface area contributed by atoms with Gasteiger partial charge in [0, 0.05) is 31.8 Å². The zero-order valence-electron chi connectivity index (χ0n) is 14.1. The zero-order valence-corrected chi connectivity index (χ0v) is 14.9. The van der Waals surface area contributed by atoms with Gasteiger partial charge in [0.1, 0.15) is 0 Å². The Hall–Kier alpha value is -2.50. The van der Waals surface area contributed by atoms with Gasteiger partial charge >= 0.3 is 6.18 Å². The first-order chi connectivity index (χ1) is 12.4. The minimum atomic E-state index is -4.47. The fourth-order valence-corrected chi connectivity index (χ4v) is 3.52. The van der Waals surface area contributed by atoms with E-state index >= 15 is 0 Å². The molecule has 1 atom stereocenters. The molecule has 0 bridgehead atoms. The maximum Gasteiger partial charge on any atom is 0.416 e. The molecule has 0 saturated heterocycles. The van der Waals surface area contributed by atoms with E-state index in [-0.39, 0.29) is 17.1 Å². The van der Waals surface area contributed by atoms with Gasteiger partial charge in [0.25, 0.3) is 5.69 Å². The Bertz CT molecular complexity index is 913. The Balaban J connectivity index is 2.14. The van der Waals surface area contributed by atoms with E-state index in [0.717, 1.165) is 40.7 Å². The third kappa shape index (κ3) is 4.81. The Labute approximate surface area is 153 Å². The van der Waals surface area contributed by atoms with E-state index < -0.39 is 32.7 Å². The highest BCUT2D eigenvalue weighted by atomic mass is 32.2. The number of rotatable bonds is 6. The fourth-order valence-electron chi connectivity index (χ4n) is 2.32. The molecule has 0 spiro atoms. The summed E-state index contributed by atoms with van der Waals surface area (Å²) in [5, 5.41) is 10.6. The van der Waals surface area contributed by atoms with E-state index in [2.05, 4.69) is 0 Å². The van der Waals surface area contributed by atoms with E-state index in [9.17, 15) is 31.7 Å². The van der Waals surface area contributed by atoms with Crippen LogP contribution in [0, 0.1) is 10.1 Å². The average Bonchev–Trinajstić information content (AvgIpc) is 2.61. The second kappa shape index (κ2) is 7.62. The molecule has 0 aliphatic rings. The number of hydrogen-bond donors (Lipinski definition) is 1. The van der Waals surface area contributed by atoms with Crippen LogP contribution in [-0.4, -0.2) is 31.2 Å². The van der Waals surface area contributed by atoms with E-state index in [0.29, 0.717) is 5.56 Å². The Morgan fingerprint density at radius 1 is 1.11 bits per heavy atom. The van der Waals surface area contributed by atoms with Crippen LogP contribution in [0.4, 0.5) is 18.9 Å². The number of halogens is 3. The lowest BCUT2D eigenvalue weighted by Crippen LogP contribution is -2.34. The molecule has 0 radical (unpaired) electrons. The molecule has 7 nitrogen and oxygen atoms in total. The van der Waals surface area contributed by atoms with E-state index in [1.54, 1.807) is 0 Å². The van der Waals surface area contributed by atoms with Crippen molar-refractivity contribution in [3.63, 3.8) is 0 Å². The zero-order chi connectivity index (χ0) is 20.4. The van der Waals surface area contributed by atoms with Crippen molar-refractivity contribution in [3.05, 3.63) is 69.8 Å². The van der Waals surface area contributed by atoms with Crippen LogP contribution in [0.2, 0.25) is 0 Å². The van der Waals surface area contributed by atoms with Crippen molar-refractivity contribution < 1.29 is 26.5 Å². The number of alkyl halides is 3. The molecule has 0 aliphatic carbocycles. The minimum absolute atomic E-state index is 0.157. The highest BCUT2D eigenvalue weighted by Crippen LogP contribution is 2.30. The lowest BCUT2D eigenvalue weighted by atomic mass is 10.1. The summed E-state index contributed by atoms with van der Waals surface area (Å²) in [5.74, 6) is 0. The summed E-state index contributed by atoms with van der Waals surface area (Å²) in [4.78, 5) is 9.83. The van der Waals surface area contributed by atoms with Gasteiger partial charge in [-0.25, -0.2) is 8.42 Å². The van der Waals surface area contributed by atoms with Gasteiger partial charge in [0.15, 0.2) is 0 Å². The third-order valence-corrected chi connectivity index (χ3v) is 5.71. The molecule has 27 heavy (non-hydrogen) atoms. The topological polar surface area (TPSA) is 107 Å². The number of non-ortho nitro benzene ring substituents is 1. The molecule has 0 fully saturated rings. The lowest BCUT2D eigenvalue weighted by Gasteiger charge is -2.22. The van der Waals surface area contributed by atoms with Crippen molar-refractivity contribution in [2.75, 3.05) is 13.6 Å². The summed E-state index contributed by atoms with van der Waals surface area (Å²) >= 11 is 0. The fraction of sp³-hybridized carbons (Fsp3) is 0.250. The van der Waals surface area contributed by atoms with Crippen LogP contribution in [0.3, 0.4) is 0 Å². The second-order valence-corrected chi connectivity index (χ2v) is 7.81. The summed E-state index contributed by atoms with van der Waals surface area (Å²) in [5.41, 5.74) is 5.18. The Morgan fingerprint density at radius 3 is 2.07 bits per heavy atom. The molecule has 0 aliphatic heterocycles. The number of nitrogens with two attached hydrogens (primary N) is 1. The van der Waals surface area contributed by atoms with E-state index in [1.165, 1.54) is 19.2 Å². The second-order valence-electron chi connectivity index (χ2n) is 5.76. The normalized spacial score (nSPS) is 13.6. The van der Waals surface area contributed by atoms with Crippen LogP contribution in [0.5, 0.6) is 0 Å². The van der Waals surface area contributed by atoms with E-state index in [1.807, 2.05) is 0 Å². The van der Waals surface area contributed by atoms with Crippen LogP contribution < -0.4 is 5.73 Å². The highest BCUT2D eigenvalue weighted by Gasteiger charge is 2.30. The van der Waals surface area contributed by atoms with Gasteiger partial charge in [-0.2, -0.15) is 17.5 Å². The number of likely N-dealkylation sites (N-methyl/N-ethyl adjacent to an activating group) is 1. The summed E-state index contributed by atoms with van der Waals surface area (Å²) in [6.07, 6.45) is -4.47. The summed E-state index contributed by atoms with van der Waals surface area (Å²) < 4.78 is 63.8. The standard InChI is InChI=1S/C16H16F3N3O4S/c1-21(27(25,26)14-8-6-13(7-9-14)22(23)24)10-15(20)11-2-4-12(5-3-11)16(17,18)19/h2-9,15H,10,20H2,1H3/t15-/m1/s1. The number of benzene rings is 2. The smallest absolute Gasteiger partial charge is 0.323 e. The van der Waals surface area contributed by atoms with Gasteiger partial charge in [-0.3, -0.25) is 10.1 Å². The maximum absolute atomic E-state index is 12.6. The molecule has 0 aromatic heterocycles. The maximum atomic E-state index is 12.6. The number of nitro benzene ring substituents is 1. The first-order valence-corrected chi connectivity index (χ1v) is 9.00. The van der Waals surface area contributed by atoms with Gasteiger partial charge < -0.3 is 5.73 Å². The van der Waals surface area contributed by atoms with Gasteiger partial charge in [-0.05, 0) is 29.8 Å². The molecule has 11 heteroatoms. The molecule has 0 amide bonds. The van der Waals surface area contributed by atoms with Crippen LogP contribution in [0.15, 0.2) is 53.4 Å². The predicted molar refractivity (Wildman–Crippen MR) is 91.3 cm³/mol. The van der Waals surface area contributed by atoms with Crippen molar-refractivity contribution in [2.24, 2.45) is 5.73 Å². The first kappa shape index (κ1) is 20.8. The number of nitrogens with zero attached hydrogens (tertiary/aromatic N) is 2. The molecule has 2 aromatic carbocycles. The van der Waals surface area contributed by atoms with Gasteiger partial charge in [0.05, 0.1) is 15.4 Å². The number of nitro groups is 1. The quantitative estimate of drug-likeness (QED) is 0.590. The largest absolute Gasteiger partial charge is 0.416 e. The van der Waals surface area contributed by atoms with Crippen LogP contribution in [-0.2, 0) is 16.2 Å². The van der Waals surface area contributed by atoms with Gasteiger partial charge in [-0.15, -0.1) is 0 Å². The minimum Gasteiger partial charge on any atom is -0.323 e. The summed E-state index contributed by atoms with van der Waals surface area (Å²) in [7, 11) is -2.70. The summed E-state index contributed by atoms with van der Waals surface area (Å²) in [6.45, 7) is -0.190. The van der Waals surface area contributed by atoms with Gasteiger partial charge in [0.2, 0.25) is 10.0 Å². The molecule has 146 valence electrons. The molecule has 2 aromatic rings. The van der Waals surface area contributed by atoms with Crippen molar-refractivity contribution >= 4 is 15.7 Å². The predicted octanol–water partition coefficient (Wildman–Crippen LogP) is 2.93. The average molecular weight is 403 g/mol. The van der Waals surface area contributed by atoms with Gasteiger partial charge in [-0.1, -0.05) is 12.1 Å². The molecule has 0 heterocycles. The van der Waals surface area contributed by atoms with Crippen molar-refractivity contribution in [3.8, 4) is 0 Å². The molecule has 2 N–H and O–H groups in total. The highest BCUT2D eigenvalue weighted by molar-refractivity contribution is 7.89. The number of sulfonamides is 1. The van der Waals surface area contributed by atoms with E-state index in [4.69, 9.17) is 5.73 Å². The molecular weight excluding hydrogens is 387 g/mol. The number of hydrogen-bond acceptors (Lipinski definition) is 5. The van der Waals surface area contributed by atoms with Crippen molar-refractivity contribution in [2.45, 2.75) is 17.1 Å². The summed E-state index contributed by atoms with van der Waals surface area (Å²) in [6, 6.07) is 7.62. The van der Waals surface area contributed by atoms with Crippen molar-refractivity contribution in [1.82, 2.24) is 4.31 Å². The van der Waals surface area contributed by atoms with Crippen LogP contribution in [0.1, 0.15) is 17.2 Å². The Morgan fingerprint density at radius 2 is 1.63 bits per heavy atom. The lowest BCUT2D eigenvalue weighted by molar-refractivity contribution is -0.384.